The molecule has 94 valence electrons. The third-order valence-electron chi connectivity index (χ3n) is 2.04. The molecule has 0 spiro atoms. The van der Waals surface area contributed by atoms with E-state index in [4.69, 9.17) is 9.52 Å². The van der Waals surface area contributed by atoms with E-state index in [1.165, 1.54) is 16.6 Å². The number of aromatic nitrogens is 2. The van der Waals surface area contributed by atoms with Crippen LogP contribution in [0.5, 0.6) is 0 Å². The van der Waals surface area contributed by atoms with E-state index >= 15 is 0 Å². The molecule has 0 aliphatic carbocycles. The fourth-order valence-electron chi connectivity index (χ4n) is 1.24. The van der Waals surface area contributed by atoms with Gasteiger partial charge < -0.3 is 9.52 Å². The lowest BCUT2D eigenvalue weighted by atomic mass is 10.2. The van der Waals surface area contributed by atoms with Gasteiger partial charge in [-0.25, -0.2) is 0 Å². The zero-order valence-corrected chi connectivity index (χ0v) is 11.5. The third-order valence-corrected chi connectivity index (χ3v) is 3.99. The van der Waals surface area contributed by atoms with Crippen molar-refractivity contribution < 1.29 is 9.52 Å². The number of aliphatic hydroxyl groups excluding tert-OH is 1. The first-order chi connectivity index (χ1) is 8.79. The maximum absolute atomic E-state index is 8.69. The summed E-state index contributed by atoms with van der Waals surface area (Å²) >= 11 is 3.16. The molecule has 4 nitrogen and oxygen atoms in total. The molecule has 6 heteroatoms. The van der Waals surface area contributed by atoms with Crippen LogP contribution in [-0.4, -0.2) is 21.9 Å². The second kappa shape index (κ2) is 6.59. The molecule has 2 aromatic rings. The Balaban J connectivity index is 1.98. The molecule has 0 saturated carbocycles. The van der Waals surface area contributed by atoms with Gasteiger partial charge in [-0.3, -0.25) is 0 Å². The Labute approximate surface area is 113 Å². The van der Waals surface area contributed by atoms with E-state index in [0.717, 1.165) is 11.3 Å². The maximum Gasteiger partial charge on any atom is 0.276 e. The molecule has 0 bridgehead atoms. The van der Waals surface area contributed by atoms with Gasteiger partial charge in [-0.2, -0.15) is 0 Å². The molecule has 2 rings (SSSR count). The molecule has 2 heterocycles. The molecule has 0 atom stereocenters. The van der Waals surface area contributed by atoms with Crippen molar-refractivity contribution in [2.75, 3.05) is 6.61 Å². The van der Waals surface area contributed by atoms with Crippen molar-refractivity contribution >= 4 is 23.1 Å². The number of aryl methyl sites for hydroxylation is 1. The molecule has 0 aromatic carbocycles. The van der Waals surface area contributed by atoms with Crippen molar-refractivity contribution in [2.24, 2.45) is 0 Å². The summed E-state index contributed by atoms with van der Waals surface area (Å²) in [6, 6.07) is 1.99. The normalized spacial score (nSPS) is 10.1. The average Bonchev–Trinajstić information content (AvgIpc) is 2.96. The van der Waals surface area contributed by atoms with E-state index in [2.05, 4.69) is 22.0 Å². The minimum atomic E-state index is 0.0997. The number of nitrogens with zero attached hydrogens (tertiary/aromatic N) is 2. The van der Waals surface area contributed by atoms with E-state index in [0.29, 0.717) is 17.5 Å². The largest absolute Gasteiger partial charge is 0.416 e. The SMILES string of the molecule is Cc1nnc(SCc2sccc2C#CCCO)o1. The van der Waals surface area contributed by atoms with E-state index < -0.39 is 0 Å². The lowest BCUT2D eigenvalue weighted by molar-refractivity contribution is 0.305. The number of thioether (sulfide) groups is 1. The monoisotopic (exact) mass is 280 g/mol. The van der Waals surface area contributed by atoms with E-state index in [1.807, 2.05) is 11.4 Å². The molecule has 1 N–H and O–H groups in total. The number of hydrogen-bond donors (Lipinski definition) is 1. The van der Waals surface area contributed by atoms with Gasteiger partial charge in [0, 0.05) is 29.5 Å². The first kappa shape index (κ1) is 13.1. The average molecular weight is 280 g/mol. The van der Waals surface area contributed by atoms with Crippen LogP contribution >= 0.6 is 23.1 Å². The van der Waals surface area contributed by atoms with Crippen LogP contribution in [0.25, 0.3) is 0 Å². The lowest BCUT2D eigenvalue weighted by Gasteiger charge is -1.95. The molecular weight excluding hydrogens is 268 g/mol. The second-order valence-electron chi connectivity index (χ2n) is 3.41. The van der Waals surface area contributed by atoms with Crippen molar-refractivity contribution in [3.63, 3.8) is 0 Å². The molecule has 0 fully saturated rings. The smallest absolute Gasteiger partial charge is 0.276 e. The van der Waals surface area contributed by atoms with E-state index in [-0.39, 0.29) is 6.61 Å². The second-order valence-corrected chi connectivity index (χ2v) is 5.34. The zero-order valence-electron chi connectivity index (χ0n) is 9.84. The highest BCUT2D eigenvalue weighted by atomic mass is 32.2. The minimum Gasteiger partial charge on any atom is -0.416 e. The van der Waals surface area contributed by atoms with Crippen molar-refractivity contribution in [1.82, 2.24) is 10.2 Å². The van der Waals surface area contributed by atoms with Crippen LogP contribution in [-0.2, 0) is 5.75 Å². The summed E-state index contributed by atoms with van der Waals surface area (Å²) in [5, 5.41) is 19.0. The van der Waals surface area contributed by atoms with Crippen molar-refractivity contribution in [2.45, 2.75) is 24.3 Å². The van der Waals surface area contributed by atoms with Gasteiger partial charge in [-0.15, -0.1) is 21.5 Å². The van der Waals surface area contributed by atoms with Gasteiger partial charge in [0.1, 0.15) is 0 Å². The van der Waals surface area contributed by atoms with Crippen LogP contribution < -0.4 is 0 Å². The van der Waals surface area contributed by atoms with Gasteiger partial charge in [0.2, 0.25) is 5.89 Å². The highest BCUT2D eigenvalue weighted by Gasteiger charge is 2.07. The summed E-state index contributed by atoms with van der Waals surface area (Å²) in [4.78, 5) is 1.18. The molecule has 0 amide bonds. The van der Waals surface area contributed by atoms with Crippen LogP contribution in [0, 0.1) is 18.8 Å². The fourth-order valence-corrected chi connectivity index (χ4v) is 2.99. The quantitative estimate of drug-likeness (QED) is 0.688. The van der Waals surface area contributed by atoms with Gasteiger partial charge in [0.15, 0.2) is 0 Å². The number of thiophene rings is 1. The highest BCUT2D eigenvalue weighted by molar-refractivity contribution is 7.98. The maximum atomic E-state index is 8.69. The summed E-state index contributed by atoms with van der Waals surface area (Å²) in [7, 11) is 0. The summed E-state index contributed by atoms with van der Waals surface area (Å²) in [6.45, 7) is 1.87. The number of hydrogen-bond acceptors (Lipinski definition) is 6. The van der Waals surface area contributed by atoms with Crippen LogP contribution in [0.1, 0.15) is 22.8 Å². The van der Waals surface area contributed by atoms with Crippen molar-refractivity contribution in [1.29, 1.82) is 0 Å². The summed E-state index contributed by atoms with van der Waals surface area (Å²) in [5.74, 6) is 7.32. The third kappa shape index (κ3) is 3.60. The fraction of sp³-hybridized carbons (Fsp3) is 0.333. The Hall–Kier alpha value is -1.29. The van der Waals surface area contributed by atoms with Crippen LogP contribution in [0.15, 0.2) is 21.1 Å². The van der Waals surface area contributed by atoms with Gasteiger partial charge in [-0.1, -0.05) is 23.6 Å². The topological polar surface area (TPSA) is 59.2 Å². The van der Waals surface area contributed by atoms with Gasteiger partial charge in [-0.05, 0) is 11.4 Å². The Kier molecular flexibility index (Phi) is 4.81. The molecule has 0 unspecified atom stereocenters. The summed E-state index contributed by atoms with van der Waals surface area (Å²) < 4.78 is 5.30. The molecule has 0 radical (unpaired) electrons. The summed E-state index contributed by atoms with van der Waals surface area (Å²) in [6.07, 6.45) is 0.505. The lowest BCUT2D eigenvalue weighted by Crippen LogP contribution is -1.81. The zero-order chi connectivity index (χ0) is 12.8. The van der Waals surface area contributed by atoms with Crippen molar-refractivity contribution in [3.8, 4) is 11.8 Å². The highest BCUT2D eigenvalue weighted by Crippen LogP contribution is 2.26. The van der Waals surface area contributed by atoms with E-state index in [1.54, 1.807) is 18.3 Å². The minimum absolute atomic E-state index is 0.0997. The van der Waals surface area contributed by atoms with Gasteiger partial charge >= 0.3 is 0 Å². The van der Waals surface area contributed by atoms with Crippen molar-refractivity contribution in [3.05, 3.63) is 27.8 Å². The van der Waals surface area contributed by atoms with Crippen LogP contribution in [0.3, 0.4) is 0 Å². The van der Waals surface area contributed by atoms with Gasteiger partial charge in [0.05, 0.1) is 6.61 Å². The number of rotatable bonds is 4. The molecular formula is C12H12N2O2S2. The molecule has 18 heavy (non-hydrogen) atoms. The standard InChI is InChI=1S/C12H12N2O2S2/c1-9-13-14-12(16-9)18-8-11-10(5-7-17-11)4-2-3-6-15/h5,7,15H,3,6,8H2,1H3. The van der Waals surface area contributed by atoms with E-state index in [9.17, 15) is 0 Å². The van der Waals surface area contributed by atoms with Crippen LogP contribution in [0.2, 0.25) is 0 Å². The van der Waals surface area contributed by atoms with Crippen LogP contribution in [0.4, 0.5) is 0 Å². The Morgan fingerprint density at radius 3 is 3.11 bits per heavy atom. The molecule has 0 saturated heterocycles. The Morgan fingerprint density at radius 1 is 1.50 bits per heavy atom. The Bertz CT molecular complexity index is 566. The summed E-state index contributed by atoms with van der Waals surface area (Å²) in [5.41, 5.74) is 1.01. The molecule has 2 aromatic heterocycles. The first-order valence-corrected chi connectivity index (χ1v) is 7.25. The predicted octanol–water partition coefficient (Wildman–Crippen LogP) is 2.47. The molecule has 0 aliphatic rings. The number of aliphatic hydroxyl groups is 1. The van der Waals surface area contributed by atoms with Gasteiger partial charge in [0.25, 0.3) is 5.22 Å². The first-order valence-electron chi connectivity index (χ1n) is 5.38. The predicted molar refractivity (Wildman–Crippen MR) is 71.5 cm³/mol. The molecule has 0 aliphatic heterocycles. The Morgan fingerprint density at radius 2 is 2.39 bits per heavy atom.